The summed E-state index contributed by atoms with van der Waals surface area (Å²) in [5.41, 5.74) is -0.641. The summed E-state index contributed by atoms with van der Waals surface area (Å²) < 4.78 is 43.2. The quantitative estimate of drug-likeness (QED) is 0.663. The van der Waals surface area contributed by atoms with Crippen molar-refractivity contribution >= 4 is 11.6 Å². The van der Waals surface area contributed by atoms with Gasteiger partial charge in [0.05, 0.1) is 11.1 Å². The number of oxime groups is 1. The third-order valence-corrected chi connectivity index (χ3v) is 3.05. The zero-order valence-corrected chi connectivity index (χ0v) is 13.3. The number of halogens is 3. The zero-order valence-electron chi connectivity index (χ0n) is 13.3. The predicted octanol–water partition coefficient (Wildman–Crippen LogP) is 2.99. The van der Waals surface area contributed by atoms with Crippen molar-refractivity contribution in [3.63, 3.8) is 0 Å². The van der Waals surface area contributed by atoms with Gasteiger partial charge < -0.3 is 14.9 Å². The Morgan fingerprint density at radius 3 is 2.48 bits per heavy atom. The Hall–Kier alpha value is -3.10. The molecule has 0 spiro atoms. The lowest BCUT2D eigenvalue weighted by atomic mass is 10.1. The highest BCUT2D eigenvalue weighted by atomic mass is 19.4. The number of nitrogens with zero attached hydrogens (tertiary/aromatic N) is 2. The minimum Gasteiger partial charge on any atom is -0.438 e. The summed E-state index contributed by atoms with van der Waals surface area (Å²) in [6, 6.07) is 8.32. The molecule has 0 aliphatic rings. The first-order valence-electron chi connectivity index (χ1n) is 7.00. The lowest BCUT2D eigenvalue weighted by Gasteiger charge is -2.12. The van der Waals surface area contributed by atoms with E-state index in [1.807, 2.05) is 0 Å². The molecule has 2 rings (SSSR count). The van der Waals surface area contributed by atoms with E-state index in [9.17, 15) is 18.0 Å². The van der Waals surface area contributed by atoms with Gasteiger partial charge in [-0.05, 0) is 18.2 Å². The molecule has 0 fully saturated rings. The highest BCUT2D eigenvalue weighted by molar-refractivity contribution is 6.45. The molecule has 1 aromatic heterocycles. The summed E-state index contributed by atoms with van der Waals surface area (Å²) in [6.07, 6.45) is -3.82. The number of para-hydroxylation sites is 1. The third-order valence-electron chi connectivity index (χ3n) is 3.05. The van der Waals surface area contributed by atoms with Crippen LogP contribution in [0.5, 0.6) is 11.6 Å². The van der Waals surface area contributed by atoms with E-state index in [1.165, 1.54) is 20.2 Å². The average molecular weight is 353 g/mol. The highest BCUT2D eigenvalue weighted by Gasteiger charge is 2.30. The van der Waals surface area contributed by atoms with Gasteiger partial charge >= 0.3 is 6.18 Å². The molecule has 0 aliphatic heterocycles. The van der Waals surface area contributed by atoms with E-state index in [2.05, 4.69) is 20.3 Å². The van der Waals surface area contributed by atoms with Crippen LogP contribution in [-0.4, -0.2) is 30.8 Å². The summed E-state index contributed by atoms with van der Waals surface area (Å²) in [4.78, 5) is 20.3. The van der Waals surface area contributed by atoms with Crippen molar-refractivity contribution in [2.75, 3.05) is 14.2 Å². The predicted molar refractivity (Wildman–Crippen MR) is 83.4 cm³/mol. The van der Waals surface area contributed by atoms with Crippen molar-refractivity contribution in [2.24, 2.45) is 5.16 Å². The van der Waals surface area contributed by atoms with Crippen LogP contribution in [0.15, 0.2) is 47.8 Å². The molecule has 0 aliphatic carbocycles. The number of aromatic nitrogens is 1. The number of carbonyl (C=O) groups excluding carboxylic acids is 1. The van der Waals surface area contributed by atoms with Crippen LogP contribution in [0.25, 0.3) is 0 Å². The smallest absolute Gasteiger partial charge is 0.417 e. The number of ether oxygens (including phenoxy) is 1. The molecule has 0 saturated heterocycles. The molecule has 0 saturated carbocycles. The maximum atomic E-state index is 12.6. The number of nitrogens with one attached hydrogen (secondary N) is 1. The van der Waals surface area contributed by atoms with Crippen molar-refractivity contribution in [1.29, 1.82) is 0 Å². The zero-order chi connectivity index (χ0) is 18.4. The minimum absolute atomic E-state index is 0.0486. The first-order chi connectivity index (χ1) is 11.9. The van der Waals surface area contributed by atoms with Crippen molar-refractivity contribution in [3.8, 4) is 11.6 Å². The number of benzene rings is 1. The second-order valence-electron chi connectivity index (χ2n) is 4.68. The maximum absolute atomic E-state index is 12.6. The highest BCUT2D eigenvalue weighted by Crippen LogP contribution is 2.30. The summed E-state index contributed by atoms with van der Waals surface area (Å²) in [7, 11) is 2.71. The fourth-order valence-corrected chi connectivity index (χ4v) is 1.89. The molecular weight excluding hydrogens is 339 g/mol. The van der Waals surface area contributed by atoms with Gasteiger partial charge in [0.2, 0.25) is 5.88 Å². The van der Waals surface area contributed by atoms with E-state index < -0.39 is 17.6 Å². The van der Waals surface area contributed by atoms with Gasteiger partial charge in [-0.1, -0.05) is 17.3 Å². The largest absolute Gasteiger partial charge is 0.438 e. The number of hydrogen-bond donors (Lipinski definition) is 1. The summed E-state index contributed by atoms with van der Waals surface area (Å²) >= 11 is 0. The fraction of sp³-hybridized carbons (Fsp3) is 0.188. The summed E-state index contributed by atoms with van der Waals surface area (Å²) in [6.45, 7) is 0. The summed E-state index contributed by atoms with van der Waals surface area (Å²) in [5, 5.41) is 6.09. The molecule has 1 aromatic carbocycles. The third kappa shape index (κ3) is 4.46. The van der Waals surface area contributed by atoms with E-state index in [0.717, 1.165) is 12.1 Å². The Kier molecular flexibility index (Phi) is 5.58. The van der Waals surface area contributed by atoms with Gasteiger partial charge in [0, 0.05) is 19.3 Å². The summed E-state index contributed by atoms with van der Waals surface area (Å²) in [5.74, 6) is -0.387. The molecule has 6 nitrogen and oxygen atoms in total. The molecule has 1 amide bonds. The Morgan fingerprint density at radius 2 is 1.92 bits per heavy atom. The van der Waals surface area contributed by atoms with Gasteiger partial charge in [-0.3, -0.25) is 4.79 Å². The molecule has 0 atom stereocenters. The van der Waals surface area contributed by atoms with Crippen LogP contribution in [0.1, 0.15) is 11.1 Å². The van der Waals surface area contributed by atoms with Crippen LogP contribution in [0.3, 0.4) is 0 Å². The number of hydrogen-bond acceptors (Lipinski definition) is 5. The van der Waals surface area contributed by atoms with E-state index in [4.69, 9.17) is 4.74 Å². The van der Waals surface area contributed by atoms with Crippen LogP contribution in [0.2, 0.25) is 0 Å². The molecule has 9 heteroatoms. The second-order valence-corrected chi connectivity index (χ2v) is 4.68. The van der Waals surface area contributed by atoms with Gasteiger partial charge in [0.1, 0.15) is 12.9 Å². The van der Waals surface area contributed by atoms with Gasteiger partial charge in [-0.15, -0.1) is 0 Å². The number of likely N-dealkylation sites (N-methyl/N-ethyl adjacent to an activating group) is 1. The number of pyridine rings is 1. The molecule has 25 heavy (non-hydrogen) atoms. The lowest BCUT2D eigenvalue weighted by Crippen LogP contribution is -2.28. The number of carbonyl (C=O) groups is 1. The average Bonchev–Trinajstić information content (AvgIpc) is 2.59. The maximum Gasteiger partial charge on any atom is 0.417 e. The van der Waals surface area contributed by atoms with Gasteiger partial charge in [-0.25, -0.2) is 4.98 Å². The minimum atomic E-state index is -4.49. The van der Waals surface area contributed by atoms with Gasteiger partial charge in [0.25, 0.3) is 5.91 Å². The second kappa shape index (κ2) is 7.65. The first kappa shape index (κ1) is 18.2. The Morgan fingerprint density at radius 1 is 1.20 bits per heavy atom. The van der Waals surface area contributed by atoms with Crippen molar-refractivity contribution in [1.82, 2.24) is 10.3 Å². The molecule has 1 N–H and O–H groups in total. The molecular formula is C16H14F3N3O3. The van der Waals surface area contributed by atoms with Crippen LogP contribution in [-0.2, 0) is 15.8 Å². The molecule has 0 bridgehead atoms. The van der Waals surface area contributed by atoms with Gasteiger partial charge in [0.15, 0.2) is 5.71 Å². The van der Waals surface area contributed by atoms with Crippen LogP contribution >= 0.6 is 0 Å². The van der Waals surface area contributed by atoms with Crippen molar-refractivity contribution < 1.29 is 27.5 Å². The lowest BCUT2D eigenvalue weighted by molar-refractivity contribution is -0.137. The van der Waals surface area contributed by atoms with E-state index >= 15 is 0 Å². The monoisotopic (exact) mass is 353 g/mol. The van der Waals surface area contributed by atoms with Crippen molar-refractivity contribution in [2.45, 2.75) is 6.18 Å². The fourth-order valence-electron chi connectivity index (χ4n) is 1.89. The van der Waals surface area contributed by atoms with Crippen LogP contribution in [0, 0.1) is 0 Å². The molecule has 1 heterocycles. The van der Waals surface area contributed by atoms with Crippen molar-refractivity contribution in [3.05, 3.63) is 53.7 Å². The number of rotatable bonds is 5. The van der Waals surface area contributed by atoms with Gasteiger partial charge in [-0.2, -0.15) is 13.2 Å². The number of alkyl halides is 3. The number of amides is 1. The Balaban J connectivity index is 2.35. The molecule has 132 valence electrons. The standard InChI is InChI=1S/C16H14F3N3O3/c1-20-15(23)14(22-24-2)11-5-3-4-6-12(11)25-13-8-7-10(9-21-13)16(17,18)19/h3-9H,1-2H3,(H,20,23). The van der Waals surface area contributed by atoms with E-state index in [1.54, 1.807) is 18.2 Å². The molecule has 0 unspecified atom stereocenters. The normalized spacial score (nSPS) is 11.8. The Labute approximate surface area is 141 Å². The van der Waals surface area contributed by atoms with Crippen LogP contribution < -0.4 is 10.1 Å². The van der Waals surface area contributed by atoms with E-state index in [0.29, 0.717) is 11.8 Å². The molecule has 0 radical (unpaired) electrons. The SMILES string of the molecule is CNC(=O)C(=NOC)c1ccccc1Oc1ccc(C(F)(F)F)cn1. The first-order valence-corrected chi connectivity index (χ1v) is 7.00. The van der Waals surface area contributed by atoms with Crippen LogP contribution in [0.4, 0.5) is 13.2 Å². The molecule has 2 aromatic rings. The van der Waals surface area contributed by atoms with E-state index in [-0.39, 0.29) is 17.3 Å². The Bertz CT molecular complexity index is 774. The topological polar surface area (TPSA) is 72.8 Å².